The fourth-order valence-electron chi connectivity index (χ4n) is 2.90. The Balaban J connectivity index is 0.000000287. The van der Waals surface area contributed by atoms with E-state index in [1.165, 1.54) is 0 Å². The molecule has 4 heteroatoms. The third kappa shape index (κ3) is 7.12. The van der Waals surface area contributed by atoms with Crippen molar-refractivity contribution in [2.45, 2.75) is 12.0 Å². The summed E-state index contributed by atoms with van der Waals surface area (Å²) < 4.78 is 36.8. The van der Waals surface area contributed by atoms with E-state index in [0.29, 0.717) is 5.75 Å². The van der Waals surface area contributed by atoms with Crippen LogP contribution in [0.25, 0.3) is 5.57 Å². The van der Waals surface area contributed by atoms with Crippen LogP contribution >= 0.6 is 0 Å². The zero-order chi connectivity index (χ0) is 25.2. The van der Waals surface area contributed by atoms with Crippen LogP contribution in [0.3, 0.4) is 0 Å². The van der Waals surface area contributed by atoms with Crippen molar-refractivity contribution in [3.63, 3.8) is 0 Å². The Hall–Kier alpha value is -3.33. The summed E-state index contributed by atoms with van der Waals surface area (Å²) in [4.78, 5) is 7.69. The fraction of sp³-hybridized carbons (Fsp3) is 0.0714. The van der Waals surface area contributed by atoms with E-state index in [1.807, 2.05) is 72.8 Å². The van der Waals surface area contributed by atoms with E-state index in [2.05, 4.69) is 22.6 Å². The van der Waals surface area contributed by atoms with Crippen LogP contribution in [0, 0.1) is 12.6 Å². The van der Waals surface area contributed by atoms with E-state index < -0.39 is 6.10 Å². The van der Waals surface area contributed by atoms with E-state index in [9.17, 15) is 0 Å². The van der Waals surface area contributed by atoms with Gasteiger partial charge < -0.3 is 9.72 Å². The van der Waals surface area contributed by atoms with E-state index in [4.69, 9.17) is 16.8 Å². The monoisotopic (exact) mass is 601 g/mol. The van der Waals surface area contributed by atoms with Crippen molar-refractivity contribution in [2.24, 2.45) is 0 Å². The number of nitrogens with zero attached hydrogens (tertiary/aromatic N) is 2. The van der Waals surface area contributed by atoms with Crippen molar-refractivity contribution in [1.82, 2.24) is 9.97 Å². The van der Waals surface area contributed by atoms with Crippen LogP contribution in [-0.2, 0) is 20.1 Å². The molecule has 0 N–H and O–H groups in total. The number of para-hydroxylation sites is 1. The Kier molecular flexibility index (Phi) is 8.39. The van der Waals surface area contributed by atoms with Gasteiger partial charge in [0, 0.05) is 51.5 Å². The molecule has 3 heterocycles. The van der Waals surface area contributed by atoms with Gasteiger partial charge in [-0.25, -0.2) is 0 Å². The average Bonchev–Trinajstić information content (AvgIpc) is 3.30. The standard InChI is InChI=1S/C17H14NO.C6H5.C5H5N.Ir/c1-3-13-14-8-4-5-10-16(14)19-17(13)12(2)15-9-6-7-11-18-15;2*1-2-4-6-5-3-1;/h2-11,13,17H,1H2;2*1-5H;/q2*-1;;/i6D,7D,9D,11D;;;. The molecule has 0 fully saturated rings. The molecule has 0 saturated heterocycles. The van der Waals surface area contributed by atoms with Crippen molar-refractivity contribution in [1.29, 1.82) is 0 Å². The Bertz CT molecular complexity index is 1190. The van der Waals surface area contributed by atoms with Crippen LogP contribution in [0.2, 0.25) is 0 Å². The summed E-state index contributed by atoms with van der Waals surface area (Å²) >= 11 is 0. The molecule has 1 radical (unpaired) electrons. The van der Waals surface area contributed by atoms with Crippen LogP contribution in [0.15, 0.2) is 122 Å². The van der Waals surface area contributed by atoms with Crippen molar-refractivity contribution in [2.75, 3.05) is 0 Å². The molecule has 0 aliphatic carbocycles. The molecule has 1 aliphatic rings. The molecular formula is C28H24IrN2O-2. The van der Waals surface area contributed by atoms with Crippen molar-refractivity contribution >= 4 is 5.57 Å². The Morgan fingerprint density at radius 1 is 1.03 bits per heavy atom. The van der Waals surface area contributed by atoms with Crippen LogP contribution < -0.4 is 4.74 Å². The van der Waals surface area contributed by atoms with Gasteiger partial charge in [-0.15, -0.1) is 12.6 Å². The predicted molar refractivity (Wildman–Crippen MR) is 125 cm³/mol. The minimum atomic E-state index is -0.600. The smallest absolute Gasteiger partial charge is 0.124 e. The maximum Gasteiger partial charge on any atom is 0.124 e. The average molecular weight is 601 g/mol. The zero-order valence-corrected chi connectivity index (χ0v) is 19.6. The maximum absolute atomic E-state index is 7.98. The van der Waals surface area contributed by atoms with Crippen LogP contribution in [0.1, 0.15) is 22.7 Å². The normalized spacial score (nSPS) is 16.9. The summed E-state index contributed by atoms with van der Waals surface area (Å²) in [5.74, 6) is 0.484. The molecule has 2 unspecified atom stereocenters. The minimum Gasteiger partial charge on any atom is -0.488 e. The van der Waals surface area contributed by atoms with Crippen LogP contribution in [-0.4, -0.2) is 16.1 Å². The number of hydrogen-bond donors (Lipinski definition) is 0. The second kappa shape index (κ2) is 13.9. The molecule has 3 nitrogen and oxygen atoms in total. The summed E-state index contributed by atoms with van der Waals surface area (Å²) in [6.45, 7) is 9.99. The Morgan fingerprint density at radius 3 is 2.31 bits per heavy atom. The summed E-state index contributed by atoms with van der Waals surface area (Å²) in [5, 5.41) is 0. The largest absolute Gasteiger partial charge is 0.488 e. The van der Waals surface area contributed by atoms with Crippen LogP contribution in [0.4, 0.5) is 0 Å². The molecule has 5 rings (SSSR count). The topological polar surface area (TPSA) is 35.0 Å². The first-order valence-electron chi connectivity index (χ1n) is 11.7. The molecule has 2 aromatic carbocycles. The molecule has 0 bridgehead atoms. The quantitative estimate of drug-likeness (QED) is 0.208. The summed E-state index contributed by atoms with van der Waals surface area (Å²) in [7, 11) is 0. The molecule has 1 aliphatic heterocycles. The molecule has 2 atom stereocenters. The van der Waals surface area contributed by atoms with E-state index in [0.717, 1.165) is 5.56 Å². The first-order chi connectivity index (χ1) is 17.0. The van der Waals surface area contributed by atoms with E-state index in [-0.39, 0.29) is 61.6 Å². The molecule has 0 saturated carbocycles. The zero-order valence-electron chi connectivity index (χ0n) is 21.2. The Labute approximate surface area is 209 Å². The third-order valence-corrected chi connectivity index (χ3v) is 4.33. The fourth-order valence-corrected chi connectivity index (χ4v) is 2.90. The number of ether oxygens (including phenoxy) is 1. The van der Waals surface area contributed by atoms with Gasteiger partial charge in [0.2, 0.25) is 0 Å². The van der Waals surface area contributed by atoms with E-state index >= 15 is 0 Å². The van der Waals surface area contributed by atoms with Crippen molar-refractivity contribution in [3.05, 3.63) is 146 Å². The molecule has 2 aromatic heterocycles. The number of rotatable bonds is 3. The number of benzene rings is 2. The van der Waals surface area contributed by atoms with Gasteiger partial charge in [-0.1, -0.05) is 42.1 Å². The number of fused-ring (bicyclic) bond motifs is 1. The second-order valence-corrected chi connectivity index (χ2v) is 6.34. The summed E-state index contributed by atoms with van der Waals surface area (Å²) in [5.41, 5.74) is 1.12. The van der Waals surface area contributed by atoms with Gasteiger partial charge in [0.05, 0.1) is 4.11 Å². The first-order valence-corrected chi connectivity index (χ1v) is 9.67. The summed E-state index contributed by atoms with van der Waals surface area (Å²) in [6.07, 6.45) is 4.24. The Morgan fingerprint density at radius 2 is 1.75 bits per heavy atom. The SMILES string of the molecule is [2H]c1nc(C(=[CH-])C2Oc3ccccc3C2C=C)c([2H])c([2H])c1[2H].[Ir].[c-]1ccccc1.c1ccncc1. The number of aromatic nitrogens is 2. The number of hydrogen-bond acceptors (Lipinski definition) is 3. The predicted octanol–water partition coefficient (Wildman–Crippen LogP) is 6.19. The molecule has 163 valence electrons. The van der Waals surface area contributed by atoms with Gasteiger partial charge in [0.15, 0.2) is 0 Å². The molecular weight excluding hydrogens is 573 g/mol. The minimum absolute atomic E-state index is 0. The van der Waals surface area contributed by atoms with Gasteiger partial charge in [0.25, 0.3) is 0 Å². The molecule has 32 heavy (non-hydrogen) atoms. The van der Waals surface area contributed by atoms with Gasteiger partial charge in [-0.2, -0.15) is 42.0 Å². The van der Waals surface area contributed by atoms with E-state index in [1.54, 1.807) is 18.5 Å². The van der Waals surface area contributed by atoms with Gasteiger partial charge in [-0.3, -0.25) is 11.6 Å². The first kappa shape index (κ1) is 19.4. The third-order valence-electron chi connectivity index (χ3n) is 4.33. The molecule has 4 aromatic rings. The van der Waals surface area contributed by atoms with Gasteiger partial charge >= 0.3 is 0 Å². The summed E-state index contributed by atoms with van der Waals surface area (Å²) in [6, 6.07) is 24.7. The number of pyridine rings is 2. The van der Waals surface area contributed by atoms with Gasteiger partial charge in [-0.05, 0) is 24.2 Å². The van der Waals surface area contributed by atoms with Crippen LogP contribution in [0.5, 0.6) is 5.75 Å². The molecule has 0 amide bonds. The van der Waals surface area contributed by atoms with Crippen molar-refractivity contribution < 1.29 is 30.3 Å². The maximum atomic E-state index is 7.98. The van der Waals surface area contributed by atoms with Crippen molar-refractivity contribution in [3.8, 4) is 5.75 Å². The van der Waals surface area contributed by atoms with Gasteiger partial charge in [0.1, 0.15) is 11.9 Å². The second-order valence-electron chi connectivity index (χ2n) is 6.34. The molecule has 0 spiro atoms.